The molecule has 192 valence electrons. The van der Waals surface area contributed by atoms with E-state index in [1.807, 2.05) is 6.92 Å². The number of sulfonamides is 1. The van der Waals surface area contributed by atoms with Gasteiger partial charge in [-0.3, -0.25) is 13.9 Å². The molecule has 0 aromatic heterocycles. The number of anilines is 1. The predicted octanol–water partition coefficient (Wildman–Crippen LogP) is 5.05. The molecule has 35 heavy (non-hydrogen) atoms. The minimum atomic E-state index is -3.86. The Balaban J connectivity index is 2.50. The first kappa shape index (κ1) is 29.2. The van der Waals surface area contributed by atoms with Gasteiger partial charge in [0, 0.05) is 33.7 Å². The SMILES string of the molecule is CCCNC(=O)[C@@H](CC)N(Cc1c(Cl)cccc1Cl)C(=O)CN(c1ccc(C)c(Cl)c1)S(C)(=O)=O. The first-order valence-electron chi connectivity index (χ1n) is 11.1. The third-order valence-corrected chi connectivity index (χ3v) is 7.70. The lowest BCUT2D eigenvalue weighted by Gasteiger charge is -2.33. The van der Waals surface area contributed by atoms with Crippen LogP contribution >= 0.6 is 34.8 Å². The van der Waals surface area contributed by atoms with Crippen molar-refractivity contribution < 1.29 is 18.0 Å². The molecule has 0 aliphatic rings. The molecule has 7 nitrogen and oxygen atoms in total. The van der Waals surface area contributed by atoms with Gasteiger partial charge in [-0.1, -0.05) is 60.8 Å². The van der Waals surface area contributed by atoms with E-state index in [1.54, 1.807) is 44.2 Å². The van der Waals surface area contributed by atoms with Gasteiger partial charge in [-0.25, -0.2) is 8.42 Å². The van der Waals surface area contributed by atoms with E-state index in [4.69, 9.17) is 34.8 Å². The fraction of sp³-hybridized carbons (Fsp3) is 0.417. The van der Waals surface area contributed by atoms with E-state index in [0.717, 1.165) is 22.5 Å². The highest BCUT2D eigenvalue weighted by molar-refractivity contribution is 7.92. The first-order valence-corrected chi connectivity index (χ1v) is 14.1. The molecule has 0 unspecified atom stereocenters. The minimum absolute atomic E-state index is 0.0678. The van der Waals surface area contributed by atoms with Gasteiger partial charge in [0.25, 0.3) is 0 Å². The van der Waals surface area contributed by atoms with E-state index in [9.17, 15) is 18.0 Å². The number of halogens is 3. The van der Waals surface area contributed by atoms with Crippen LogP contribution in [0.2, 0.25) is 15.1 Å². The van der Waals surface area contributed by atoms with E-state index in [0.29, 0.717) is 33.6 Å². The van der Waals surface area contributed by atoms with Gasteiger partial charge in [-0.05, 0) is 49.6 Å². The van der Waals surface area contributed by atoms with Crippen LogP contribution in [0.25, 0.3) is 0 Å². The van der Waals surface area contributed by atoms with E-state index in [1.165, 1.54) is 11.0 Å². The Bertz CT molecular complexity index is 1150. The third-order valence-electron chi connectivity index (χ3n) is 5.45. The number of carbonyl (C=O) groups is 2. The van der Waals surface area contributed by atoms with Crippen molar-refractivity contribution in [3.8, 4) is 0 Å². The van der Waals surface area contributed by atoms with Crippen molar-refractivity contribution in [2.24, 2.45) is 0 Å². The van der Waals surface area contributed by atoms with E-state index in [2.05, 4.69) is 5.32 Å². The molecule has 2 rings (SSSR count). The Hall–Kier alpha value is -2.00. The molecule has 0 bridgehead atoms. The molecule has 11 heteroatoms. The fourth-order valence-corrected chi connectivity index (χ4v) is 5.02. The van der Waals surface area contributed by atoms with Crippen LogP contribution in [0.5, 0.6) is 0 Å². The Kier molecular flexibility index (Phi) is 10.7. The van der Waals surface area contributed by atoms with Crippen LogP contribution in [0.4, 0.5) is 5.69 Å². The normalized spacial score (nSPS) is 12.2. The van der Waals surface area contributed by atoms with Gasteiger partial charge in [0.2, 0.25) is 21.8 Å². The van der Waals surface area contributed by atoms with Crippen LogP contribution in [0.1, 0.15) is 37.8 Å². The van der Waals surface area contributed by atoms with Crippen molar-refractivity contribution in [2.75, 3.05) is 23.7 Å². The summed E-state index contributed by atoms with van der Waals surface area (Å²) in [6.07, 6.45) is 2.04. The van der Waals surface area contributed by atoms with Crippen LogP contribution in [-0.4, -0.2) is 50.5 Å². The maximum Gasteiger partial charge on any atom is 0.244 e. The molecule has 0 spiro atoms. The molecular formula is C24H30Cl3N3O4S. The highest BCUT2D eigenvalue weighted by atomic mass is 35.5. The summed E-state index contributed by atoms with van der Waals surface area (Å²) in [5.74, 6) is -0.920. The predicted molar refractivity (Wildman–Crippen MR) is 143 cm³/mol. The topological polar surface area (TPSA) is 86.8 Å². The molecule has 0 aliphatic carbocycles. The van der Waals surface area contributed by atoms with Crippen molar-refractivity contribution in [3.05, 3.63) is 62.6 Å². The number of benzene rings is 2. The summed E-state index contributed by atoms with van der Waals surface area (Å²) >= 11 is 18.9. The zero-order chi connectivity index (χ0) is 26.3. The molecule has 1 N–H and O–H groups in total. The van der Waals surface area contributed by atoms with Gasteiger partial charge < -0.3 is 10.2 Å². The lowest BCUT2D eigenvalue weighted by atomic mass is 10.1. The summed E-state index contributed by atoms with van der Waals surface area (Å²) in [6, 6.07) is 8.85. The molecule has 2 aromatic carbocycles. The van der Waals surface area contributed by atoms with Gasteiger partial charge in [0.1, 0.15) is 12.6 Å². The standard InChI is InChI=1S/C24H30Cl3N3O4S/c1-5-12-28-24(32)22(6-2)29(14-18-19(25)8-7-9-20(18)26)23(31)15-30(35(4,33)34)17-11-10-16(3)21(27)13-17/h7-11,13,22H,5-6,12,14-15H2,1-4H3,(H,28,32)/t22-/m1/s1. The molecule has 1 atom stereocenters. The number of amides is 2. The van der Waals surface area contributed by atoms with Crippen molar-refractivity contribution in [1.82, 2.24) is 10.2 Å². The van der Waals surface area contributed by atoms with Gasteiger partial charge in [0.05, 0.1) is 11.9 Å². The summed E-state index contributed by atoms with van der Waals surface area (Å²) in [7, 11) is -3.86. The van der Waals surface area contributed by atoms with Gasteiger partial charge in [0.15, 0.2) is 0 Å². The number of hydrogen-bond donors (Lipinski definition) is 1. The van der Waals surface area contributed by atoms with Gasteiger partial charge in [-0.2, -0.15) is 0 Å². The van der Waals surface area contributed by atoms with E-state index >= 15 is 0 Å². The lowest BCUT2D eigenvalue weighted by molar-refractivity contribution is -0.140. The highest BCUT2D eigenvalue weighted by Gasteiger charge is 2.32. The minimum Gasteiger partial charge on any atom is -0.354 e. The monoisotopic (exact) mass is 561 g/mol. The average Bonchev–Trinajstić information content (AvgIpc) is 2.78. The molecule has 0 saturated heterocycles. The Morgan fingerprint density at radius 3 is 2.17 bits per heavy atom. The van der Waals surface area contributed by atoms with Gasteiger partial charge >= 0.3 is 0 Å². The fourth-order valence-electron chi connectivity index (χ4n) is 3.49. The van der Waals surface area contributed by atoms with Crippen LogP contribution in [0, 0.1) is 6.92 Å². The average molecular weight is 563 g/mol. The molecule has 0 aliphatic heterocycles. The Morgan fingerprint density at radius 2 is 1.66 bits per heavy atom. The summed E-state index contributed by atoms with van der Waals surface area (Å²) in [4.78, 5) is 27.9. The maximum absolute atomic E-state index is 13.7. The number of carbonyl (C=O) groups excluding carboxylic acids is 2. The van der Waals surface area contributed by atoms with Crippen molar-refractivity contribution in [1.29, 1.82) is 0 Å². The molecule has 0 radical (unpaired) electrons. The summed E-state index contributed by atoms with van der Waals surface area (Å²) in [5, 5.41) is 3.86. The van der Waals surface area contributed by atoms with Crippen molar-refractivity contribution in [2.45, 2.75) is 46.2 Å². The highest BCUT2D eigenvalue weighted by Crippen LogP contribution is 2.28. The number of nitrogens with zero attached hydrogens (tertiary/aromatic N) is 2. The summed E-state index contributed by atoms with van der Waals surface area (Å²) < 4.78 is 26.3. The van der Waals surface area contributed by atoms with Crippen LogP contribution < -0.4 is 9.62 Å². The van der Waals surface area contributed by atoms with Crippen LogP contribution in [-0.2, 0) is 26.2 Å². The second-order valence-electron chi connectivity index (χ2n) is 8.14. The lowest BCUT2D eigenvalue weighted by Crippen LogP contribution is -2.52. The Morgan fingerprint density at radius 1 is 1.03 bits per heavy atom. The smallest absolute Gasteiger partial charge is 0.244 e. The number of nitrogens with one attached hydrogen (secondary N) is 1. The molecule has 0 fully saturated rings. The number of aryl methyl sites for hydroxylation is 1. The zero-order valence-corrected chi connectivity index (χ0v) is 23.2. The van der Waals surface area contributed by atoms with Gasteiger partial charge in [-0.15, -0.1) is 0 Å². The summed E-state index contributed by atoms with van der Waals surface area (Å²) in [6.45, 7) is 5.34. The van der Waals surface area contributed by atoms with Crippen LogP contribution in [0.3, 0.4) is 0 Å². The zero-order valence-electron chi connectivity index (χ0n) is 20.1. The van der Waals surface area contributed by atoms with E-state index in [-0.39, 0.29) is 18.1 Å². The summed E-state index contributed by atoms with van der Waals surface area (Å²) in [5.41, 5.74) is 1.48. The Labute approximate surface area is 222 Å². The first-order chi connectivity index (χ1) is 16.4. The van der Waals surface area contributed by atoms with Crippen molar-refractivity contribution >= 4 is 62.3 Å². The number of rotatable bonds is 11. The molecular weight excluding hydrogens is 533 g/mol. The van der Waals surface area contributed by atoms with E-state index < -0.39 is 28.5 Å². The molecule has 2 aromatic rings. The molecule has 0 heterocycles. The molecule has 0 saturated carbocycles. The second kappa shape index (κ2) is 12.8. The largest absolute Gasteiger partial charge is 0.354 e. The van der Waals surface area contributed by atoms with Crippen molar-refractivity contribution in [3.63, 3.8) is 0 Å². The third kappa shape index (κ3) is 7.74. The quantitative estimate of drug-likeness (QED) is 0.415. The van der Waals surface area contributed by atoms with Crippen LogP contribution in [0.15, 0.2) is 36.4 Å². The molecule has 2 amide bonds. The maximum atomic E-state index is 13.7. The second-order valence-corrected chi connectivity index (χ2v) is 11.3. The number of hydrogen-bond acceptors (Lipinski definition) is 4.